The van der Waals surface area contributed by atoms with E-state index in [1.54, 1.807) is 11.3 Å². The van der Waals surface area contributed by atoms with Gasteiger partial charge in [-0.2, -0.15) is 5.26 Å². The largest absolute Gasteiger partial charge is 0.325 e. The molecule has 1 fully saturated rings. The van der Waals surface area contributed by atoms with Crippen molar-refractivity contribution in [1.82, 2.24) is 4.98 Å². The summed E-state index contributed by atoms with van der Waals surface area (Å²) in [5, 5.41) is 12.0. The van der Waals surface area contributed by atoms with Crippen LogP contribution >= 0.6 is 11.3 Å². The summed E-state index contributed by atoms with van der Waals surface area (Å²) in [5.41, 5.74) is 6.72. The molecule has 0 spiro atoms. The average molecular weight is 235 g/mol. The molecule has 86 valence electrons. The molecule has 0 bridgehead atoms. The van der Waals surface area contributed by atoms with Gasteiger partial charge in [0, 0.05) is 17.3 Å². The van der Waals surface area contributed by atoms with Crippen LogP contribution in [0.15, 0.2) is 5.38 Å². The van der Waals surface area contributed by atoms with E-state index >= 15 is 0 Å². The normalized spacial score (nSPS) is 18.9. The molecule has 1 aromatic heterocycles. The number of rotatable bonds is 3. The molecule has 0 saturated heterocycles. The summed E-state index contributed by atoms with van der Waals surface area (Å²) in [5.74, 6) is 0. The first-order valence-electron chi connectivity index (χ1n) is 5.60. The fourth-order valence-corrected chi connectivity index (χ4v) is 2.79. The van der Waals surface area contributed by atoms with Crippen LogP contribution in [0.1, 0.15) is 43.8 Å². The van der Waals surface area contributed by atoms with E-state index < -0.39 is 5.41 Å². The Kier molecular flexibility index (Phi) is 2.77. The maximum Gasteiger partial charge on any atom is 0.113 e. The van der Waals surface area contributed by atoms with E-state index in [9.17, 15) is 0 Å². The van der Waals surface area contributed by atoms with Crippen molar-refractivity contribution >= 4 is 11.3 Å². The van der Waals surface area contributed by atoms with Crippen molar-refractivity contribution in [2.45, 2.75) is 50.5 Å². The molecule has 1 aliphatic rings. The standard InChI is InChI=1S/C12H17N3S/c1-11(2,8-13)10-15-9(7-16-10)6-12(14)4-3-5-12/h7H,3-6,14H2,1-2H3. The van der Waals surface area contributed by atoms with E-state index in [1.807, 2.05) is 19.2 Å². The van der Waals surface area contributed by atoms with Gasteiger partial charge < -0.3 is 5.73 Å². The number of hydrogen-bond acceptors (Lipinski definition) is 4. The highest BCUT2D eigenvalue weighted by molar-refractivity contribution is 7.09. The highest BCUT2D eigenvalue weighted by Gasteiger charge is 2.34. The zero-order valence-electron chi connectivity index (χ0n) is 9.79. The van der Waals surface area contributed by atoms with Gasteiger partial charge in [-0.15, -0.1) is 11.3 Å². The molecule has 0 aliphatic heterocycles. The number of thiazole rings is 1. The Morgan fingerprint density at radius 1 is 1.62 bits per heavy atom. The summed E-state index contributed by atoms with van der Waals surface area (Å²) in [4.78, 5) is 4.54. The number of nitrogens with zero attached hydrogens (tertiary/aromatic N) is 2. The Balaban J connectivity index is 2.11. The van der Waals surface area contributed by atoms with Crippen LogP contribution < -0.4 is 5.73 Å². The molecule has 2 rings (SSSR count). The van der Waals surface area contributed by atoms with Gasteiger partial charge >= 0.3 is 0 Å². The Morgan fingerprint density at radius 2 is 2.31 bits per heavy atom. The van der Waals surface area contributed by atoms with Gasteiger partial charge in [0.15, 0.2) is 0 Å². The van der Waals surface area contributed by atoms with Crippen molar-refractivity contribution < 1.29 is 0 Å². The van der Waals surface area contributed by atoms with Gasteiger partial charge in [0.2, 0.25) is 0 Å². The molecule has 4 heteroatoms. The van der Waals surface area contributed by atoms with Gasteiger partial charge in [-0.05, 0) is 33.1 Å². The summed E-state index contributed by atoms with van der Waals surface area (Å²) in [7, 11) is 0. The molecule has 1 heterocycles. The number of hydrogen-bond donors (Lipinski definition) is 1. The lowest BCUT2D eigenvalue weighted by atomic mass is 9.75. The third-order valence-electron chi connectivity index (χ3n) is 3.25. The van der Waals surface area contributed by atoms with Crippen molar-refractivity contribution in [3.8, 4) is 6.07 Å². The van der Waals surface area contributed by atoms with E-state index in [0.717, 1.165) is 30.0 Å². The van der Waals surface area contributed by atoms with Crippen molar-refractivity contribution in [2.75, 3.05) is 0 Å². The summed E-state index contributed by atoms with van der Waals surface area (Å²) < 4.78 is 0. The SMILES string of the molecule is CC(C)(C#N)c1nc(CC2(N)CCC2)cs1. The molecular formula is C12H17N3S. The second-order valence-corrected chi connectivity index (χ2v) is 6.13. The van der Waals surface area contributed by atoms with Crippen LogP contribution in [-0.2, 0) is 11.8 Å². The Hall–Kier alpha value is -0.920. The minimum absolute atomic E-state index is 0.0257. The van der Waals surface area contributed by atoms with Crippen molar-refractivity contribution in [3.05, 3.63) is 16.1 Å². The molecule has 0 aromatic carbocycles. The smallest absolute Gasteiger partial charge is 0.113 e. The monoisotopic (exact) mass is 235 g/mol. The van der Waals surface area contributed by atoms with E-state index in [1.165, 1.54) is 6.42 Å². The van der Waals surface area contributed by atoms with Gasteiger partial charge in [-0.3, -0.25) is 0 Å². The van der Waals surface area contributed by atoms with Crippen LogP contribution in [-0.4, -0.2) is 10.5 Å². The minimum atomic E-state index is -0.482. The highest BCUT2D eigenvalue weighted by Crippen LogP contribution is 2.33. The first kappa shape index (κ1) is 11.6. The molecule has 0 atom stereocenters. The Bertz CT molecular complexity index is 424. The third kappa shape index (κ3) is 2.11. The second-order valence-electron chi connectivity index (χ2n) is 5.27. The fraction of sp³-hybridized carbons (Fsp3) is 0.667. The predicted octanol–water partition coefficient (Wildman–Crippen LogP) is 2.37. The van der Waals surface area contributed by atoms with Crippen LogP contribution in [0.5, 0.6) is 0 Å². The van der Waals surface area contributed by atoms with E-state index in [-0.39, 0.29) is 5.54 Å². The second kappa shape index (κ2) is 3.83. The summed E-state index contributed by atoms with van der Waals surface area (Å²) >= 11 is 1.57. The molecular weight excluding hydrogens is 218 g/mol. The first-order chi connectivity index (χ1) is 7.45. The lowest BCUT2D eigenvalue weighted by Crippen LogP contribution is -2.48. The number of nitriles is 1. The predicted molar refractivity (Wildman–Crippen MR) is 65.2 cm³/mol. The maximum absolute atomic E-state index is 9.04. The van der Waals surface area contributed by atoms with Crippen LogP contribution in [0.3, 0.4) is 0 Å². The van der Waals surface area contributed by atoms with Crippen molar-refractivity contribution in [1.29, 1.82) is 5.26 Å². The van der Waals surface area contributed by atoms with E-state index in [4.69, 9.17) is 11.0 Å². The Morgan fingerprint density at radius 3 is 2.81 bits per heavy atom. The zero-order chi connectivity index (χ0) is 11.8. The molecule has 0 amide bonds. The van der Waals surface area contributed by atoms with Gasteiger partial charge in [0.25, 0.3) is 0 Å². The minimum Gasteiger partial charge on any atom is -0.325 e. The van der Waals surface area contributed by atoms with Gasteiger partial charge in [-0.1, -0.05) is 0 Å². The summed E-state index contributed by atoms with van der Waals surface area (Å²) in [6.07, 6.45) is 4.28. The first-order valence-corrected chi connectivity index (χ1v) is 6.48. The zero-order valence-corrected chi connectivity index (χ0v) is 10.6. The van der Waals surface area contributed by atoms with Crippen molar-refractivity contribution in [3.63, 3.8) is 0 Å². The number of aromatic nitrogens is 1. The quantitative estimate of drug-likeness (QED) is 0.874. The van der Waals surface area contributed by atoms with Crippen LogP contribution in [0.25, 0.3) is 0 Å². The summed E-state index contributed by atoms with van der Waals surface area (Å²) in [6, 6.07) is 2.28. The lowest BCUT2D eigenvalue weighted by molar-refractivity contribution is 0.245. The fourth-order valence-electron chi connectivity index (χ4n) is 1.89. The molecule has 1 aromatic rings. The topological polar surface area (TPSA) is 62.7 Å². The molecule has 16 heavy (non-hydrogen) atoms. The molecule has 1 aliphatic carbocycles. The molecule has 3 nitrogen and oxygen atoms in total. The average Bonchev–Trinajstić information content (AvgIpc) is 2.64. The molecule has 1 saturated carbocycles. The lowest BCUT2D eigenvalue weighted by Gasteiger charge is -2.37. The molecule has 0 radical (unpaired) electrons. The van der Waals surface area contributed by atoms with E-state index in [0.29, 0.717) is 0 Å². The van der Waals surface area contributed by atoms with Crippen LogP contribution in [0.2, 0.25) is 0 Å². The molecule has 2 N–H and O–H groups in total. The van der Waals surface area contributed by atoms with Crippen molar-refractivity contribution in [2.24, 2.45) is 5.73 Å². The maximum atomic E-state index is 9.04. The summed E-state index contributed by atoms with van der Waals surface area (Å²) in [6.45, 7) is 3.80. The van der Waals surface area contributed by atoms with Crippen LogP contribution in [0, 0.1) is 11.3 Å². The van der Waals surface area contributed by atoms with Crippen LogP contribution in [0.4, 0.5) is 0 Å². The van der Waals surface area contributed by atoms with Gasteiger partial charge in [-0.25, -0.2) is 4.98 Å². The van der Waals surface area contributed by atoms with E-state index in [2.05, 4.69) is 11.1 Å². The number of nitrogens with two attached hydrogens (primary N) is 1. The molecule has 0 unspecified atom stereocenters. The highest BCUT2D eigenvalue weighted by atomic mass is 32.1. The van der Waals surface area contributed by atoms with Gasteiger partial charge in [0.05, 0.1) is 11.8 Å². The Labute approximate surface area is 100 Å². The van der Waals surface area contributed by atoms with Gasteiger partial charge in [0.1, 0.15) is 10.4 Å². The third-order valence-corrected chi connectivity index (χ3v) is 4.46.